The molecule has 1 saturated heterocycles. The molecule has 0 unspecified atom stereocenters. The van der Waals surface area contributed by atoms with Gasteiger partial charge in [0.15, 0.2) is 0 Å². The molecule has 0 aromatic heterocycles. The summed E-state index contributed by atoms with van der Waals surface area (Å²) in [6, 6.07) is 15.0. The molecule has 0 amide bonds. The third kappa shape index (κ3) is 2.81. The first kappa shape index (κ1) is 17.8. The van der Waals surface area contributed by atoms with Gasteiger partial charge in [-0.3, -0.25) is 0 Å². The topological polar surface area (TPSA) is 37.4 Å². The van der Waals surface area contributed by atoms with Crippen molar-refractivity contribution < 1.29 is 8.42 Å². The summed E-state index contributed by atoms with van der Waals surface area (Å²) in [5, 5.41) is 0.544. The second-order valence-electron chi connectivity index (χ2n) is 7.17. The smallest absolute Gasteiger partial charge is 0.207 e. The number of nitrogens with zero attached hydrogens (tertiary/aromatic N) is 1. The number of hydrogen-bond donors (Lipinski definition) is 0. The molecule has 26 heavy (non-hydrogen) atoms. The normalized spacial score (nSPS) is 21.2. The van der Waals surface area contributed by atoms with E-state index in [9.17, 15) is 8.42 Å². The lowest BCUT2D eigenvalue weighted by atomic mass is 9.74. The van der Waals surface area contributed by atoms with Gasteiger partial charge in [0.2, 0.25) is 10.0 Å². The van der Waals surface area contributed by atoms with Crippen molar-refractivity contribution in [3.8, 4) is 0 Å². The Bertz CT molecular complexity index is 956. The first-order valence-corrected chi connectivity index (χ1v) is 10.8. The summed E-state index contributed by atoms with van der Waals surface area (Å²) < 4.78 is 27.5. The van der Waals surface area contributed by atoms with E-state index in [2.05, 4.69) is 37.3 Å². The van der Waals surface area contributed by atoms with Gasteiger partial charge < -0.3 is 0 Å². The average molecular weight is 388 g/mol. The van der Waals surface area contributed by atoms with Gasteiger partial charge >= 0.3 is 0 Å². The standard InChI is InChI=1S/C21H22ClNO2S/c1-2-16-15-21(20-6-4-3-5-19(16)20)11-13-23(14-12-21)26(24,25)18-9-7-17(22)8-10-18/h2-10H,11-15H2,1H3. The van der Waals surface area contributed by atoms with Crippen LogP contribution in [0, 0.1) is 0 Å². The fraction of sp³-hybridized carbons (Fsp3) is 0.333. The molecule has 2 aliphatic rings. The quantitative estimate of drug-likeness (QED) is 0.737. The molecular formula is C21H22ClNO2S. The van der Waals surface area contributed by atoms with Gasteiger partial charge in [0.25, 0.3) is 0 Å². The molecule has 1 aliphatic carbocycles. The molecule has 0 radical (unpaired) electrons. The minimum absolute atomic E-state index is 0.0739. The van der Waals surface area contributed by atoms with Gasteiger partial charge in [0, 0.05) is 23.5 Å². The molecular weight excluding hydrogens is 366 g/mol. The second-order valence-corrected chi connectivity index (χ2v) is 9.55. The van der Waals surface area contributed by atoms with Crippen LogP contribution in [0.1, 0.15) is 37.3 Å². The monoisotopic (exact) mass is 387 g/mol. The Morgan fingerprint density at radius 3 is 2.35 bits per heavy atom. The molecule has 1 aliphatic heterocycles. The van der Waals surface area contributed by atoms with Crippen LogP contribution in [0.3, 0.4) is 0 Å². The van der Waals surface area contributed by atoms with Crippen LogP contribution in [0.15, 0.2) is 59.5 Å². The van der Waals surface area contributed by atoms with E-state index in [1.807, 2.05) is 0 Å². The lowest BCUT2D eigenvalue weighted by Gasteiger charge is -2.39. The van der Waals surface area contributed by atoms with Crippen molar-refractivity contribution in [2.45, 2.75) is 36.5 Å². The summed E-state index contributed by atoms with van der Waals surface area (Å²) in [7, 11) is -3.46. The highest BCUT2D eigenvalue weighted by atomic mass is 35.5. The number of benzene rings is 2. The third-order valence-electron chi connectivity index (χ3n) is 5.85. The molecule has 2 aromatic rings. The van der Waals surface area contributed by atoms with Crippen LogP contribution in [-0.4, -0.2) is 25.8 Å². The van der Waals surface area contributed by atoms with Crippen LogP contribution in [0.25, 0.3) is 5.57 Å². The molecule has 4 rings (SSSR count). The van der Waals surface area contributed by atoms with Crippen LogP contribution in [-0.2, 0) is 15.4 Å². The van der Waals surface area contributed by atoms with Crippen LogP contribution < -0.4 is 0 Å². The third-order valence-corrected chi connectivity index (χ3v) is 8.02. The number of halogens is 1. The minimum Gasteiger partial charge on any atom is -0.207 e. The zero-order chi connectivity index (χ0) is 18.4. The Hall–Kier alpha value is -1.62. The zero-order valence-electron chi connectivity index (χ0n) is 14.8. The van der Waals surface area contributed by atoms with E-state index in [-0.39, 0.29) is 5.41 Å². The van der Waals surface area contributed by atoms with Gasteiger partial charge in [-0.25, -0.2) is 8.42 Å². The van der Waals surface area contributed by atoms with Crippen molar-refractivity contribution >= 4 is 27.2 Å². The van der Waals surface area contributed by atoms with Crippen molar-refractivity contribution in [2.24, 2.45) is 0 Å². The molecule has 2 aromatic carbocycles. The Balaban J connectivity index is 1.59. The molecule has 0 atom stereocenters. The van der Waals surface area contributed by atoms with Crippen molar-refractivity contribution in [1.29, 1.82) is 0 Å². The highest BCUT2D eigenvalue weighted by Gasteiger charge is 2.44. The number of piperidine rings is 1. The van der Waals surface area contributed by atoms with Gasteiger partial charge in [0.1, 0.15) is 0 Å². The number of sulfonamides is 1. The molecule has 1 heterocycles. The van der Waals surface area contributed by atoms with Gasteiger partial charge in [-0.1, -0.05) is 41.9 Å². The van der Waals surface area contributed by atoms with Crippen molar-refractivity contribution in [1.82, 2.24) is 4.31 Å². The fourth-order valence-corrected chi connectivity index (χ4v) is 5.96. The predicted molar refractivity (Wildman–Crippen MR) is 106 cm³/mol. The minimum atomic E-state index is -3.46. The maximum Gasteiger partial charge on any atom is 0.243 e. The molecule has 5 heteroatoms. The van der Waals surface area contributed by atoms with E-state index in [1.165, 1.54) is 16.7 Å². The summed E-state index contributed by atoms with van der Waals surface area (Å²) >= 11 is 5.89. The lowest BCUT2D eigenvalue weighted by Crippen LogP contribution is -2.44. The lowest BCUT2D eigenvalue weighted by molar-refractivity contribution is 0.241. The van der Waals surface area contributed by atoms with E-state index in [0.29, 0.717) is 23.0 Å². The molecule has 1 spiro atoms. The van der Waals surface area contributed by atoms with Crippen molar-refractivity contribution in [3.05, 3.63) is 70.8 Å². The molecule has 3 nitrogen and oxygen atoms in total. The van der Waals surface area contributed by atoms with Crippen LogP contribution >= 0.6 is 11.6 Å². The Morgan fingerprint density at radius 1 is 1.04 bits per heavy atom. The van der Waals surface area contributed by atoms with E-state index >= 15 is 0 Å². The molecule has 1 fully saturated rings. The first-order chi connectivity index (χ1) is 12.5. The first-order valence-electron chi connectivity index (χ1n) is 8.97. The number of hydrogen-bond acceptors (Lipinski definition) is 2. The number of rotatable bonds is 2. The van der Waals surface area contributed by atoms with E-state index in [4.69, 9.17) is 11.6 Å². The van der Waals surface area contributed by atoms with Crippen molar-refractivity contribution in [2.75, 3.05) is 13.1 Å². The van der Waals surface area contributed by atoms with Gasteiger partial charge in [-0.05, 0) is 67.2 Å². The fourth-order valence-electron chi connectivity index (χ4n) is 4.39. The Kier molecular flexibility index (Phi) is 4.46. The summed E-state index contributed by atoms with van der Waals surface area (Å²) in [6.45, 7) is 3.19. The van der Waals surface area contributed by atoms with E-state index in [0.717, 1.165) is 19.3 Å². The van der Waals surface area contributed by atoms with E-state index in [1.54, 1.807) is 28.6 Å². The summed E-state index contributed by atoms with van der Waals surface area (Å²) in [4.78, 5) is 0.318. The second kappa shape index (κ2) is 6.52. The Labute approximate surface area is 160 Å². The van der Waals surface area contributed by atoms with E-state index < -0.39 is 10.0 Å². The van der Waals surface area contributed by atoms with Crippen LogP contribution in [0.5, 0.6) is 0 Å². The maximum absolute atomic E-state index is 12.9. The molecule has 0 saturated carbocycles. The highest BCUT2D eigenvalue weighted by molar-refractivity contribution is 7.89. The molecule has 0 N–H and O–H groups in total. The predicted octanol–water partition coefficient (Wildman–Crippen LogP) is 4.87. The molecule has 0 bridgehead atoms. The van der Waals surface area contributed by atoms with Crippen LogP contribution in [0.2, 0.25) is 5.02 Å². The van der Waals surface area contributed by atoms with Gasteiger partial charge in [-0.2, -0.15) is 4.31 Å². The Morgan fingerprint density at radius 2 is 1.69 bits per heavy atom. The van der Waals surface area contributed by atoms with Crippen molar-refractivity contribution in [3.63, 3.8) is 0 Å². The highest BCUT2D eigenvalue weighted by Crippen LogP contribution is 2.51. The molecule has 136 valence electrons. The zero-order valence-corrected chi connectivity index (χ0v) is 16.4. The number of fused-ring (bicyclic) bond motifs is 2. The summed E-state index contributed by atoms with van der Waals surface area (Å²) in [6.07, 6.45) is 4.92. The number of allylic oxidation sites excluding steroid dienone is 2. The SMILES string of the molecule is CC=C1CC2(CCN(S(=O)(=O)c3ccc(Cl)cc3)CC2)c2ccccc21. The summed E-state index contributed by atoms with van der Waals surface area (Å²) in [5.41, 5.74) is 4.18. The average Bonchev–Trinajstić information content (AvgIpc) is 2.96. The largest absolute Gasteiger partial charge is 0.243 e. The summed E-state index contributed by atoms with van der Waals surface area (Å²) in [5.74, 6) is 0. The maximum atomic E-state index is 12.9. The van der Waals surface area contributed by atoms with Gasteiger partial charge in [0.05, 0.1) is 4.90 Å². The van der Waals surface area contributed by atoms with Gasteiger partial charge in [-0.15, -0.1) is 0 Å². The van der Waals surface area contributed by atoms with Crippen LogP contribution in [0.4, 0.5) is 0 Å².